The van der Waals surface area contributed by atoms with Crippen molar-refractivity contribution in [1.29, 1.82) is 0 Å². The van der Waals surface area contributed by atoms with E-state index in [1.807, 2.05) is 18.2 Å². The average Bonchev–Trinajstić information content (AvgIpc) is 3.15. The molecule has 0 saturated carbocycles. The Kier molecular flexibility index (Phi) is 4.93. The monoisotopic (exact) mass is 370 g/mol. The molecule has 2 aliphatic rings. The molecular formula is C21H26N2O4. The molecular weight excluding hydrogens is 344 g/mol. The first-order valence-corrected chi connectivity index (χ1v) is 9.56. The Morgan fingerprint density at radius 1 is 1.22 bits per heavy atom. The van der Waals surface area contributed by atoms with Gasteiger partial charge in [-0.3, -0.25) is 14.6 Å². The number of carboxylic acid groups (broad SMARTS) is 1. The number of fused-ring (bicyclic) bond motifs is 1. The van der Waals surface area contributed by atoms with Crippen molar-refractivity contribution in [2.45, 2.75) is 38.4 Å². The molecule has 0 unspecified atom stereocenters. The van der Waals surface area contributed by atoms with Crippen molar-refractivity contribution in [2.24, 2.45) is 5.41 Å². The third-order valence-electron chi connectivity index (χ3n) is 6.08. The number of aromatic hydroxyl groups is 1. The van der Waals surface area contributed by atoms with Crippen LogP contribution < -0.4 is 0 Å². The van der Waals surface area contributed by atoms with Crippen molar-refractivity contribution in [1.82, 2.24) is 9.80 Å². The molecule has 0 radical (unpaired) electrons. The molecule has 0 bridgehead atoms. The van der Waals surface area contributed by atoms with Crippen molar-refractivity contribution in [3.8, 4) is 5.75 Å². The second-order valence-electron chi connectivity index (χ2n) is 7.85. The van der Waals surface area contributed by atoms with E-state index >= 15 is 0 Å². The van der Waals surface area contributed by atoms with E-state index in [1.54, 1.807) is 24.7 Å². The molecule has 2 aromatic rings. The quantitative estimate of drug-likeness (QED) is 0.843. The number of hydrogen-bond donors (Lipinski definition) is 2. The van der Waals surface area contributed by atoms with Crippen molar-refractivity contribution in [3.63, 3.8) is 0 Å². The molecule has 0 spiro atoms. The largest absolute Gasteiger partial charge is 0.508 e. The fourth-order valence-corrected chi connectivity index (χ4v) is 4.87. The maximum Gasteiger partial charge on any atom is 0.312 e. The third kappa shape index (κ3) is 3.59. The zero-order valence-corrected chi connectivity index (χ0v) is 15.4. The van der Waals surface area contributed by atoms with E-state index in [4.69, 9.17) is 4.42 Å². The van der Waals surface area contributed by atoms with Gasteiger partial charge in [-0.05, 0) is 49.6 Å². The molecule has 4 rings (SSSR count). The van der Waals surface area contributed by atoms with Gasteiger partial charge in [0, 0.05) is 37.8 Å². The molecule has 2 N–H and O–H groups in total. The summed E-state index contributed by atoms with van der Waals surface area (Å²) in [7, 11) is 0. The molecule has 144 valence electrons. The van der Waals surface area contributed by atoms with E-state index < -0.39 is 11.4 Å². The summed E-state index contributed by atoms with van der Waals surface area (Å²) in [6.45, 7) is 3.74. The van der Waals surface area contributed by atoms with Crippen LogP contribution in [0.5, 0.6) is 5.75 Å². The lowest BCUT2D eigenvalue weighted by molar-refractivity contribution is -0.164. The SMILES string of the molecule is O=C(O)[C@]12CCCN(Cc3ccoc3)[C@@H]1CCN(Cc1cccc(O)c1)C2. The number of nitrogens with zero attached hydrogens (tertiary/aromatic N) is 2. The van der Waals surface area contributed by atoms with E-state index in [0.717, 1.165) is 43.6 Å². The Morgan fingerprint density at radius 2 is 2.11 bits per heavy atom. The van der Waals surface area contributed by atoms with Crippen LogP contribution in [0.25, 0.3) is 0 Å². The number of furan rings is 1. The first-order chi connectivity index (χ1) is 13.1. The third-order valence-corrected chi connectivity index (χ3v) is 6.08. The van der Waals surface area contributed by atoms with E-state index in [1.165, 1.54) is 0 Å². The number of phenols is 1. The van der Waals surface area contributed by atoms with E-state index in [-0.39, 0.29) is 11.8 Å². The second-order valence-corrected chi connectivity index (χ2v) is 7.85. The molecule has 0 aliphatic carbocycles. The molecule has 2 fully saturated rings. The highest BCUT2D eigenvalue weighted by Crippen LogP contribution is 2.42. The molecule has 0 amide bonds. The Morgan fingerprint density at radius 3 is 2.85 bits per heavy atom. The Balaban J connectivity index is 1.53. The minimum absolute atomic E-state index is 0.0408. The predicted octanol–water partition coefficient (Wildman–Crippen LogP) is 2.93. The van der Waals surface area contributed by atoms with Crippen LogP contribution in [-0.4, -0.2) is 51.7 Å². The highest BCUT2D eigenvalue weighted by atomic mass is 16.4. The molecule has 6 nitrogen and oxygen atoms in total. The maximum absolute atomic E-state index is 12.4. The van der Waals surface area contributed by atoms with Crippen LogP contribution in [0, 0.1) is 5.41 Å². The van der Waals surface area contributed by atoms with Crippen LogP contribution in [0.2, 0.25) is 0 Å². The minimum atomic E-state index is -0.739. The van der Waals surface area contributed by atoms with Crippen LogP contribution in [0.15, 0.2) is 47.3 Å². The molecule has 27 heavy (non-hydrogen) atoms. The van der Waals surface area contributed by atoms with Gasteiger partial charge in [-0.15, -0.1) is 0 Å². The van der Waals surface area contributed by atoms with Crippen LogP contribution in [0.3, 0.4) is 0 Å². The zero-order chi connectivity index (χ0) is 18.9. The number of carbonyl (C=O) groups is 1. The van der Waals surface area contributed by atoms with E-state index in [2.05, 4.69) is 9.80 Å². The van der Waals surface area contributed by atoms with Crippen LogP contribution in [0.1, 0.15) is 30.4 Å². The predicted molar refractivity (Wildman–Crippen MR) is 100 cm³/mol. The Bertz CT molecular complexity index is 791. The summed E-state index contributed by atoms with van der Waals surface area (Å²) in [5, 5.41) is 19.9. The summed E-state index contributed by atoms with van der Waals surface area (Å²) < 4.78 is 5.19. The number of hydrogen-bond acceptors (Lipinski definition) is 5. The standard InChI is InChI=1S/C21H26N2O4/c24-18-4-1-3-16(11-18)12-22-9-5-19-21(15-22,20(25)26)7-2-8-23(19)13-17-6-10-27-14-17/h1,3-4,6,10-11,14,19,24H,2,5,7-9,12-13,15H2,(H,25,26)/t19-,21+/m1/s1. The molecule has 1 aromatic carbocycles. The van der Waals surface area contributed by atoms with Gasteiger partial charge in [0.2, 0.25) is 0 Å². The molecule has 1 aromatic heterocycles. The van der Waals surface area contributed by atoms with Crippen LogP contribution in [-0.2, 0) is 17.9 Å². The lowest BCUT2D eigenvalue weighted by atomic mass is 9.69. The van der Waals surface area contributed by atoms with Crippen LogP contribution in [0.4, 0.5) is 0 Å². The minimum Gasteiger partial charge on any atom is -0.508 e. The fourth-order valence-electron chi connectivity index (χ4n) is 4.87. The van der Waals surface area contributed by atoms with Crippen molar-refractivity contribution in [2.75, 3.05) is 19.6 Å². The molecule has 2 saturated heterocycles. The number of phenolic OH excluding ortho intramolecular Hbond substituents is 1. The number of piperidine rings is 2. The highest BCUT2D eigenvalue weighted by Gasteiger charge is 2.53. The van der Waals surface area contributed by atoms with Gasteiger partial charge in [0.15, 0.2) is 0 Å². The first-order valence-electron chi connectivity index (χ1n) is 9.56. The topological polar surface area (TPSA) is 77.2 Å². The van der Waals surface area contributed by atoms with Crippen molar-refractivity contribution >= 4 is 5.97 Å². The first kappa shape index (κ1) is 18.1. The normalized spacial score (nSPS) is 26.6. The number of benzene rings is 1. The maximum atomic E-state index is 12.4. The smallest absolute Gasteiger partial charge is 0.312 e. The molecule has 2 atom stereocenters. The zero-order valence-electron chi connectivity index (χ0n) is 15.4. The Hall–Kier alpha value is -2.31. The van der Waals surface area contributed by atoms with Crippen molar-refractivity contribution < 1.29 is 19.4 Å². The van der Waals surface area contributed by atoms with Gasteiger partial charge in [-0.2, -0.15) is 0 Å². The average molecular weight is 370 g/mol. The molecule has 2 aliphatic heterocycles. The van der Waals surface area contributed by atoms with E-state index in [9.17, 15) is 15.0 Å². The van der Waals surface area contributed by atoms with Gasteiger partial charge in [0.1, 0.15) is 5.75 Å². The van der Waals surface area contributed by atoms with E-state index in [0.29, 0.717) is 19.5 Å². The van der Waals surface area contributed by atoms with Gasteiger partial charge in [0.25, 0.3) is 0 Å². The summed E-state index contributed by atoms with van der Waals surface area (Å²) >= 11 is 0. The molecule has 6 heteroatoms. The Labute approximate surface area is 159 Å². The number of carboxylic acids is 1. The summed E-state index contributed by atoms with van der Waals surface area (Å²) in [6.07, 6.45) is 5.85. The fraction of sp³-hybridized carbons (Fsp3) is 0.476. The van der Waals surface area contributed by atoms with Crippen molar-refractivity contribution in [3.05, 3.63) is 54.0 Å². The van der Waals surface area contributed by atoms with Gasteiger partial charge in [0.05, 0.1) is 17.9 Å². The summed E-state index contributed by atoms with van der Waals surface area (Å²) in [6, 6.07) is 9.21. The van der Waals surface area contributed by atoms with Gasteiger partial charge in [-0.25, -0.2) is 0 Å². The summed E-state index contributed by atoms with van der Waals surface area (Å²) in [5.41, 5.74) is 1.37. The molecule has 3 heterocycles. The van der Waals surface area contributed by atoms with Crippen LogP contribution >= 0.6 is 0 Å². The number of likely N-dealkylation sites (tertiary alicyclic amines) is 2. The highest BCUT2D eigenvalue weighted by molar-refractivity contribution is 5.76. The summed E-state index contributed by atoms with van der Waals surface area (Å²) in [4.78, 5) is 16.9. The lowest BCUT2D eigenvalue weighted by Crippen LogP contribution is -2.63. The number of aliphatic carboxylic acids is 1. The second kappa shape index (κ2) is 7.37. The lowest BCUT2D eigenvalue weighted by Gasteiger charge is -2.53. The number of rotatable bonds is 5. The van der Waals surface area contributed by atoms with Gasteiger partial charge >= 0.3 is 5.97 Å². The van der Waals surface area contributed by atoms with Gasteiger partial charge < -0.3 is 14.6 Å². The van der Waals surface area contributed by atoms with Gasteiger partial charge in [-0.1, -0.05) is 12.1 Å². The summed E-state index contributed by atoms with van der Waals surface area (Å²) in [5.74, 6) is -0.440.